The van der Waals surface area contributed by atoms with Crippen LogP contribution in [0.2, 0.25) is 0 Å². The lowest BCUT2D eigenvalue weighted by Crippen LogP contribution is -2.25. The molecular formula is C12H14O3. The average Bonchev–Trinajstić information content (AvgIpc) is 2.67. The Kier molecular flexibility index (Phi) is 2.59. The summed E-state index contributed by atoms with van der Waals surface area (Å²) in [5, 5.41) is 10.2. The molecule has 1 aromatic rings. The number of ether oxygens (including phenoxy) is 1. The van der Waals surface area contributed by atoms with Crippen LogP contribution >= 0.6 is 0 Å². The van der Waals surface area contributed by atoms with Crippen LogP contribution in [0.5, 0.6) is 0 Å². The van der Waals surface area contributed by atoms with Crippen LogP contribution in [0, 0.1) is 0 Å². The van der Waals surface area contributed by atoms with Crippen molar-refractivity contribution in [1.82, 2.24) is 0 Å². The Morgan fingerprint density at radius 1 is 1.53 bits per heavy atom. The topological polar surface area (TPSA) is 46.5 Å². The Balaban J connectivity index is 2.36. The molecule has 2 rings (SSSR count). The average molecular weight is 206 g/mol. The first-order valence-corrected chi connectivity index (χ1v) is 5.03. The number of carbonyl (C=O) groups is 1. The number of Topliss-reactive ketones (excluding diaryl/α,β-unsaturated/α-hetero) is 1. The Hall–Kier alpha value is -1.19. The molecule has 1 heterocycles. The second-order valence-corrected chi connectivity index (χ2v) is 3.97. The van der Waals surface area contributed by atoms with E-state index in [1.54, 1.807) is 18.2 Å². The van der Waals surface area contributed by atoms with E-state index < -0.39 is 5.60 Å². The summed E-state index contributed by atoms with van der Waals surface area (Å²) >= 11 is 0. The van der Waals surface area contributed by atoms with Gasteiger partial charge in [-0.25, -0.2) is 0 Å². The number of hydrogen-bond acceptors (Lipinski definition) is 3. The molecule has 0 saturated carbocycles. The van der Waals surface area contributed by atoms with E-state index in [4.69, 9.17) is 4.74 Å². The van der Waals surface area contributed by atoms with E-state index in [-0.39, 0.29) is 5.78 Å². The van der Waals surface area contributed by atoms with Gasteiger partial charge in [0, 0.05) is 18.6 Å². The lowest BCUT2D eigenvalue weighted by molar-refractivity contribution is 0.0231. The van der Waals surface area contributed by atoms with Crippen molar-refractivity contribution in [3.63, 3.8) is 0 Å². The van der Waals surface area contributed by atoms with Crippen molar-refractivity contribution in [2.75, 3.05) is 13.2 Å². The molecule has 1 saturated heterocycles. The summed E-state index contributed by atoms with van der Waals surface area (Å²) in [6.45, 7) is 2.41. The lowest BCUT2D eigenvalue weighted by Gasteiger charge is -2.21. The number of rotatable bonds is 2. The van der Waals surface area contributed by atoms with Crippen LogP contribution in [0.3, 0.4) is 0 Å². The first kappa shape index (κ1) is 10.3. The van der Waals surface area contributed by atoms with Gasteiger partial charge < -0.3 is 9.84 Å². The minimum absolute atomic E-state index is 0.0133. The highest BCUT2D eigenvalue weighted by Crippen LogP contribution is 2.30. The second kappa shape index (κ2) is 3.76. The molecule has 0 spiro atoms. The van der Waals surface area contributed by atoms with Gasteiger partial charge in [-0.2, -0.15) is 0 Å². The molecule has 1 aliphatic heterocycles. The Morgan fingerprint density at radius 2 is 2.33 bits per heavy atom. The SMILES string of the molecule is CC(=O)c1cccc(C2(O)CCOC2)c1. The quantitative estimate of drug-likeness (QED) is 0.746. The van der Waals surface area contributed by atoms with Gasteiger partial charge in [0.05, 0.1) is 6.61 Å². The van der Waals surface area contributed by atoms with E-state index in [1.165, 1.54) is 6.92 Å². The van der Waals surface area contributed by atoms with E-state index in [9.17, 15) is 9.90 Å². The molecule has 15 heavy (non-hydrogen) atoms. The molecule has 1 unspecified atom stereocenters. The zero-order valence-electron chi connectivity index (χ0n) is 8.69. The van der Waals surface area contributed by atoms with E-state index in [0.29, 0.717) is 25.2 Å². The molecule has 1 fully saturated rings. The fourth-order valence-electron chi connectivity index (χ4n) is 1.81. The summed E-state index contributed by atoms with van der Waals surface area (Å²) in [7, 11) is 0. The highest BCUT2D eigenvalue weighted by molar-refractivity contribution is 5.94. The largest absolute Gasteiger partial charge is 0.383 e. The predicted octanol–water partition coefficient (Wildman–Crippen LogP) is 1.50. The number of hydrogen-bond donors (Lipinski definition) is 1. The minimum atomic E-state index is -0.911. The molecule has 1 N–H and O–H groups in total. The molecule has 0 bridgehead atoms. The number of carbonyl (C=O) groups excluding carboxylic acids is 1. The number of ketones is 1. The van der Waals surface area contributed by atoms with Crippen LogP contribution in [-0.2, 0) is 10.3 Å². The first-order chi connectivity index (χ1) is 7.12. The second-order valence-electron chi connectivity index (χ2n) is 3.97. The van der Waals surface area contributed by atoms with E-state index in [2.05, 4.69) is 0 Å². The van der Waals surface area contributed by atoms with Crippen LogP contribution in [0.25, 0.3) is 0 Å². The van der Waals surface area contributed by atoms with Crippen molar-refractivity contribution < 1.29 is 14.6 Å². The fourth-order valence-corrected chi connectivity index (χ4v) is 1.81. The van der Waals surface area contributed by atoms with Gasteiger partial charge in [0.25, 0.3) is 0 Å². The Bertz CT molecular complexity index is 378. The molecule has 3 heteroatoms. The summed E-state index contributed by atoms with van der Waals surface area (Å²) in [5.74, 6) is 0.0133. The molecule has 0 radical (unpaired) electrons. The molecule has 80 valence electrons. The van der Waals surface area contributed by atoms with E-state index in [1.807, 2.05) is 6.07 Å². The summed E-state index contributed by atoms with van der Waals surface area (Å²) in [6.07, 6.45) is 0.592. The minimum Gasteiger partial charge on any atom is -0.383 e. The zero-order chi connectivity index (χ0) is 10.9. The molecule has 0 aliphatic carbocycles. The maximum atomic E-state index is 11.2. The van der Waals surface area contributed by atoms with Crippen LogP contribution in [0.4, 0.5) is 0 Å². The van der Waals surface area contributed by atoms with Crippen LogP contribution < -0.4 is 0 Å². The fraction of sp³-hybridized carbons (Fsp3) is 0.417. The molecule has 1 atom stereocenters. The normalized spacial score (nSPS) is 25.5. The zero-order valence-corrected chi connectivity index (χ0v) is 8.69. The summed E-state index contributed by atoms with van der Waals surface area (Å²) < 4.78 is 5.18. The Labute approximate surface area is 88.7 Å². The van der Waals surface area contributed by atoms with Gasteiger partial charge >= 0.3 is 0 Å². The summed E-state index contributed by atoms with van der Waals surface area (Å²) in [6, 6.07) is 7.13. The molecule has 3 nitrogen and oxygen atoms in total. The maximum absolute atomic E-state index is 11.2. The molecular weight excluding hydrogens is 192 g/mol. The van der Waals surface area contributed by atoms with Gasteiger partial charge in [-0.1, -0.05) is 18.2 Å². The summed E-state index contributed by atoms with van der Waals surface area (Å²) in [5.41, 5.74) is 0.492. The van der Waals surface area contributed by atoms with Gasteiger partial charge in [-0.15, -0.1) is 0 Å². The van der Waals surface area contributed by atoms with Crippen molar-refractivity contribution in [3.8, 4) is 0 Å². The van der Waals surface area contributed by atoms with Gasteiger partial charge in [-0.05, 0) is 18.6 Å². The first-order valence-electron chi connectivity index (χ1n) is 5.03. The highest BCUT2D eigenvalue weighted by atomic mass is 16.5. The van der Waals surface area contributed by atoms with Gasteiger partial charge in [0.15, 0.2) is 5.78 Å². The van der Waals surface area contributed by atoms with Crippen molar-refractivity contribution in [2.45, 2.75) is 18.9 Å². The van der Waals surface area contributed by atoms with Crippen LogP contribution in [-0.4, -0.2) is 24.1 Å². The standard InChI is InChI=1S/C12H14O3/c1-9(13)10-3-2-4-11(7-10)12(14)5-6-15-8-12/h2-4,7,14H,5-6,8H2,1H3. The number of benzene rings is 1. The van der Waals surface area contributed by atoms with Crippen molar-refractivity contribution in [2.24, 2.45) is 0 Å². The molecule has 1 aliphatic rings. The third-order valence-electron chi connectivity index (χ3n) is 2.81. The van der Waals surface area contributed by atoms with E-state index >= 15 is 0 Å². The van der Waals surface area contributed by atoms with Crippen molar-refractivity contribution >= 4 is 5.78 Å². The van der Waals surface area contributed by atoms with Crippen molar-refractivity contribution in [3.05, 3.63) is 35.4 Å². The van der Waals surface area contributed by atoms with Crippen molar-refractivity contribution in [1.29, 1.82) is 0 Å². The third kappa shape index (κ3) is 1.94. The van der Waals surface area contributed by atoms with E-state index in [0.717, 1.165) is 5.56 Å². The monoisotopic (exact) mass is 206 g/mol. The van der Waals surface area contributed by atoms with Crippen LogP contribution in [0.1, 0.15) is 29.3 Å². The number of aliphatic hydroxyl groups is 1. The molecule has 0 aromatic heterocycles. The Morgan fingerprint density at radius 3 is 2.93 bits per heavy atom. The predicted molar refractivity (Wildman–Crippen MR) is 55.8 cm³/mol. The molecule has 1 aromatic carbocycles. The van der Waals surface area contributed by atoms with Crippen LogP contribution in [0.15, 0.2) is 24.3 Å². The van der Waals surface area contributed by atoms with Gasteiger partial charge in [-0.3, -0.25) is 4.79 Å². The highest BCUT2D eigenvalue weighted by Gasteiger charge is 2.34. The van der Waals surface area contributed by atoms with Gasteiger partial charge in [0.2, 0.25) is 0 Å². The lowest BCUT2D eigenvalue weighted by atomic mass is 9.91. The maximum Gasteiger partial charge on any atom is 0.159 e. The third-order valence-corrected chi connectivity index (χ3v) is 2.81. The van der Waals surface area contributed by atoms with Gasteiger partial charge in [0.1, 0.15) is 5.60 Å². The molecule has 0 amide bonds. The summed E-state index contributed by atoms with van der Waals surface area (Å²) in [4.78, 5) is 11.2. The smallest absolute Gasteiger partial charge is 0.159 e.